The highest BCUT2D eigenvalue weighted by atomic mass is 35.5. The van der Waals surface area contributed by atoms with Gasteiger partial charge in [-0.05, 0) is 42.3 Å². The van der Waals surface area contributed by atoms with Crippen molar-refractivity contribution in [3.05, 3.63) is 54.6 Å². The predicted molar refractivity (Wildman–Crippen MR) is 109 cm³/mol. The minimum absolute atomic E-state index is 0. The fourth-order valence-corrected chi connectivity index (χ4v) is 2.21. The first-order chi connectivity index (χ1) is 12.4. The Morgan fingerprint density at radius 3 is 2.15 bits per heavy atom. The van der Waals surface area contributed by atoms with E-state index >= 15 is 0 Å². The van der Waals surface area contributed by atoms with Crippen LogP contribution in [0.4, 0.5) is 5.69 Å². The second-order valence-electron chi connectivity index (χ2n) is 6.35. The van der Waals surface area contributed by atoms with Crippen LogP contribution in [0.25, 0.3) is 0 Å². The molecular formula is C20H26ClN3O3. The lowest BCUT2D eigenvalue weighted by molar-refractivity contribution is -0.126. The van der Waals surface area contributed by atoms with Gasteiger partial charge in [0.25, 0.3) is 0 Å². The van der Waals surface area contributed by atoms with E-state index in [-0.39, 0.29) is 36.7 Å². The van der Waals surface area contributed by atoms with Crippen LogP contribution >= 0.6 is 12.4 Å². The number of amides is 2. The van der Waals surface area contributed by atoms with Gasteiger partial charge in [-0.15, -0.1) is 12.4 Å². The third kappa shape index (κ3) is 6.58. The molecule has 0 unspecified atom stereocenters. The lowest BCUT2D eigenvalue weighted by atomic mass is 10.1. The van der Waals surface area contributed by atoms with Crippen LogP contribution in [0.2, 0.25) is 0 Å². The van der Waals surface area contributed by atoms with E-state index in [2.05, 4.69) is 5.32 Å². The first-order valence-corrected chi connectivity index (χ1v) is 8.51. The zero-order chi connectivity index (χ0) is 19.1. The Kier molecular flexibility index (Phi) is 8.78. The van der Waals surface area contributed by atoms with Gasteiger partial charge in [0.05, 0.1) is 12.6 Å². The van der Waals surface area contributed by atoms with Gasteiger partial charge in [-0.2, -0.15) is 0 Å². The summed E-state index contributed by atoms with van der Waals surface area (Å²) < 4.78 is 5.73. The standard InChI is InChI=1S/C20H25N3O3.ClH/c1-14(2)19(21)20(25)22-13-18(24)23(3)15-9-11-17(12-10-15)26-16-7-5-4-6-8-16;/h4-12,14,19H,13,21H2,1-3H3,(H,22,25);1H/t19-;/m0./s1. The second-order valence-corrected chi connectivity index (χ2v) is 6.35. The van der Waals surface area contributed by atoms with Gasteiger partial charge in [-0.1, -0.05) is 32.0 Å². The molecule has 0 saturated carbocycles. The Bertz CT molecular complexity index is 736. The smallest absolute Gasteiger partial charge is 0.246 e. The van der Waals surface area contributed by atoms with Crippen LogP contribution in [0, 0.1) is 5.92 Å². The van der Waals surface area contributed by atoms with Crippen LogP contribution in [0.15, 0.2) is 54.6 Å². The fourth-order valence-electron chi connectivity index (χ4n) is 2.21. The van der Waals surface area contributed by atoms with Gasteiger partial charge in [0.15, 0.2) is 0 Å². The first kappa shape index (κ1) is 22.5. The van der Waals surface area contributed by atoms with Crippen molar-refractivity contribution in [3.8, 4) is 11.5 Å². The van der Waals surface area contributed by atoms with E-state index in [4.69, 9.17) is 10.5 Å². The number of para-hydroxylation sites is 1. The number of hydrogen-bond acceptors (Lipinski definition) is 4. The van der Waals surface area contributed by atoms with E-state index in [1.54, 1.807) is 31.3 Å². The second kappa shape index (κ2) is 10.5. The summed E-state index contributed by atoms with van der Waals surface area (Å²) in [6.45, 7) is 3.62. The molecule has 0 aliphatic carbocycles. The number of anilines is 1. The first-order valence-electron chi connectivity index (χ1n) is 8.51. The van der Waals surface area contributed by atoms with Crippen molar-refractivity contribution in [1.29, 1.82) is 0 Å². The average Bonchev–Trinajstić information content (AvgIpc) is 2.66. The van der Waals surface area contributed by atoms with Crippen LogP contribution in [0.3, 0.4) is 0 Å². The van der Waals surface area contributed by atoms with E-state index in [0.29, 0.717) is 11.4 Å². The predicted octanol–water partition coefficient (Wildman–Crippen LogP) is 2.96. The largest absolute Gasteiger partial charge is 0.457 e. The van der Waals surface area contributed by atoms with Crippen molar-refractivity contribution in [1.82, 2.24) is 5.32 Å². The van der Waals surface area contributed by atoms with E-state index in [0.717, 1.165) is 5.75 Å². The molecule has 7 heteroatoms. The van der Waals surface area contributed by atoms with Crippen LogP contribution in [0.1, 0.15) is 13.8 Å². The molecular weight excluding hydrogens is 366 g/mol. The zero-order valence-corrected chi connectivity index (χ0v) is 16.5. The summed E-state index contributed by atoms with van der Waals surface area (Å²) >= 11 is 0. The Labute approximate surface area is 166 Å². The SMILES string of the molecule is CC(C)[C@H](N)C(=O)NCC(=O)N(C)c1ccc(Oc2ccccc2)cc1.Cl. The number of carbonyl (C=O) groups is 2. The van der Waals surface area contributed by atoms with E-state index < -0.39 is 6.04 Å². The molecule has 6 nitrogen and oxygen atoms in total. The summed E-state index contributed by atoms with van der Waals surface area (Å²) in [5.74, 6) is 0.880. The number of benzene rings is 2. The molecule has 146 valence electrons. The highest BCUT2D eigenvalue weighted by Gasteiger charge is 2.19. The lowest BCUT2D eigenvalue weighted by Gasteiger charge is -2.20. The molecule has 3 N–H and O–H groups in total. The van der Waals surface area contributed by atoms with Gasteiger partial charge in [0.2, 0.25) is 11.8 Å². The summed E-state index contributed by atoms with van der Waals surface area (Å²) in [6, 6.07) is 16.0. The number of carbonyl (C=O) groups excluding carboxylic acids is 2. The molecule has 27 heavy (non-hydrogen) atoms. The number of halogens is 1. The summed E-state index contributed by atoms with van der Waals surface area (Å²) in [6.07, 6.45) is 0. The lowest BCUT2D eigenvalue weighted by Crippen LogP contribution is -2.47. The van der Waals surface area contributed by atoms with Crippen molar-refractivity contribution in [3.63, 3.8) is 0 Å². The van der Waals surface area contributed by atoms with Crippen molar-refractivity contribution < 1.29 is 14.3 Å². The molecule has 0 aliphatic rings. The Balaban J connectivity index is 0.00000364. The molecule has 2 rings (SSSR count). The van der Waals surface area contributed by atoms with Gasteiger partial charge < -0.3 is 20.7 Å². The van der Waals surface area contributed by atoms with Gasteiger partial charge in [-0.3, -0.25) is 9.59 Å². The van der Waals surface area contributed by atoms with Crippen LogP contribution in [-0.2, 0) is 9.59 Å². The maximum Gasteiger partial charge on any atom is 0.246 e. The molecule has 0 heterocycles. The van der Waals surface area contributed by atoms with E-state index in [1.165, 1.54) is 4.90 Å². The van der Waals surface area contributed by atoms with Gasteiger partial charge >= 0.3 is 0 Å². The molecule has 0 fully saturated rings. The summed E-state index contributed by atoms with van der Waals surface area (Å²) in [5.41, 5.74) is 6.47. The number of hydrogen-bond donors (Lipinski definition) is 2. The third-order valence-electron chi connectivity index (χ3n) is 4.01. The highest BCUT2D eigenvalue weighted by molar-refractivity contribution is 5.96. The zero-order valence-electron chi connectivity index (χ0n) is 15.7. The Morgan fingerprint density at radius 1 is 1.04 bits per heavy atom. The number of nitrogens with one attached hydrogen (secondary N) is 1. The average molecular weight is 392 g/mol. The van der Waals surface area contributed by atoms with Gasteiger partial charge in [0.1, 0.15) is 11.5 Å². The molecule has 2 amide bonds. The molecule has 0 radical (unpaired) electrons. The van der Waals surface area contributed by atoms with Crippen LogP contribution < -0.4 is 20.7 Å². The monoisotopic (exact) mass is 391 g/mol. The normalized spacial score (nSPS) is 11.3. The van der Waals surface area contributed by atoms with Crippen molar-refractivity contribution >= 4 is 29.9 Å². The molecule has 0 spiro atoms. The number of ether oxygens (including phenoxy) is 1. The molecule has 0 aliphatic heterocycles. The number of rotatable bonds is 7. The number of likely N-dealkylation sites (N-methyl/N-ethyl adjacent to an activating group) is 1. The van der Waals surface area contributed by atoms with Crippen molar-refractivity contribution in [2.24, 2.45) is 11.7 Å². The summed E-state index contributed by atoms with van der Waals surface area (Å²) in [7, 11) is 1.66. The minimum Gasteiger partial charge on any atom is -0.457 e. The molecule has 2 aromatic rings. The molecule has 0 bridgehead atoms. The van der Waals surface area contributed by atoms with Crippen molar-refractivity contribution in [2.75, 3.05) is 18.5 Å². The Hall–Kier alpha value is -2.57. The maximum atomic E-state index is 12.3. The fraction of sp³-hybridized carbons (Fsp3) is 0.300. The summed E-state index contributed by atoms with van der Waals surface area (Å²) in [5, 5.41) is 2.58. The van der Waals surface area contributed by atoms with Crippen LogP contribution in [0.5, 0.6) is 11.5 Å². The van der Waals surface area contributed by atoms with E-state index in [1.807, 2.05) is 44.2 Å². The highest BCUT2D eigenvalue weighted by Crippen LogP contribution is 2.23. The molecule has 2 aromatic carbocycles. The van der Waals surface area contributed by atoms with Gasteiger partial charge in [0, 0.05) is 12.7 Å². The minimum atomic E-state index is -0.623. The maximum absolute atomic E-state index is 12.3. The van der Waals surface area contributed by atoms with Gasteiger partial charge in [-0.25, -0.2) is 0 Å². The topological polar surface area (TPSA) is 84.7 Å². The molecule has 1 atom stereocenters. The summed E-state index contributed by atoms with van der Waals surface area (Å²) in [4.78, 5) is 25.6. The van der Waals surface area contributed by atoms with Crippen LogP contribution in [-0.4, -0.2) is 31.4 Å². The number of nitrogens with two attached hydrogens (primary N) is 1. The molecule has 0 saturated heterocycles. The van der Waals surface area contributed by atoms with Crippen molar-refractivity contribution in [2.45, 2.75) is 19.9 Å². The Morgan fingerprint density at radius 2 is 1.59 bits per heavy atom. The number of nitrogens with zero attached hydrogens (tertiary/aromatic N) is 1. The quantitative estimate of drug-likeness (QED) is 0.759. The molecule has 0 aromatic heterocycles. The third-order valence-corrected chi connectivity index (χ3v) is 4.01. The van der Waals surface area contributed by atoms with E-state index in [9.17, 15) is 9.59 Å².